The van der Waals surface area contributed by atoms with Crippen molar-refractivity contribution >= 4 is 39.0 Å². The Labute approximate surface area is 116 Å². The molecular formula is C12H10BrFN4O. The molecule has 98 valence electrons. The lowest BCUT2D eigenvalue weighted by atomic mass is 10.2. The van der Waals surface area contributed by atoms with Crippen LogP contribution in [0, 0.1) is 5.82 Å². The lowest BCUT2D eigenvalue weighted by Crippen LogP contribution is -2.14. The molecule has 2 rings (SSSR count). The molecule has 0 radical (unpaired) electrons. The molecule has 5 nitrogen and oxygen atoms in total. The summed E-state index contributed by atoms with van der Waals surface area (Å²) in [6.45, 7) is 0. The number of carbonyl (C=O) groups is 1. The highest BCUT2D eigenvalue weighted by Gasteiger charge is 2.11. The van der Waals surface area contributed by atoms with E-state index in [9.17, 15) is 9.18 Å². The van der Waals surface area contributed by atoms with E-state index in [2.05, 4.69) is 26.2 Å². The summed E-state index contributed by atoms with van der Waals surface area (Å²) in [5, 5.41) is 2.77. The van der Waals surface area contributed by atoms with E-state index < -0.39 is 11.7 Å². The van der Waals surface area contributed by atoms with Crippen LogP contribution in [0.3, 0.4) is 0 Å². The van der Waals surface area contributed by atoms with Crippen LogP contribution in [0.4, 0.5) is 21.6 Å². The number of nitrogens with zero attached hydrogens (tertiary/aromatic N) is 1. The van der Waals surface area contributed by atoms with Crippen LogP contribution >= 0.6 is 15.9 Å². The van der Waals surface area contributed by atoms with Crippen molar-refractivity contribution in [3.63, 3.8) is 0 Å². The van der Waals surface area contributed by atoms with Crippen LogP contribution < -0.4 is 16.8 Å². The van der Waals surface area contributed by atoms with E-state index in [1.165, 1.54) is 18.3 Å². The zero-order chi connectivity index (χ0) is 14.0. The molecule has 0 aliphatic carbocycles. The van der Waals surface area contributed by atoms with Gasteiger partial charge in [-0.25, -0.2) is 9.37 Å². The van der Waals surface area contributed by atoms with Gasteiger partial charge in [-0.15, -0.1) is 0 Å². The fourth-order valence-electron chi connectivity index (χ4n) is 1.49. The molecule has 5 N–H and O–H groups in total. The molecule has 1 aromatic carbocycles. The first-order valence-corrected chi connectivity index (χ1v) is 6.04. The molecule has 0 unspecified atom stereocenters. The fourth-order valence-corrected chi connectivity index (χ4v) is 1.93. The van der Waals surface area contributed by atoms with Crippen LogP contribution in [0.25, 0.3) is 0 Å². The molecule has 0 saturated carbocycles. The lowest BCUT2D eigenvalue weighted by molar-refractivity contribution is 0.100. The molecule has 0 saturated heterocycles. The first kappa shape index (κ1) is 13.3. The van der Waals surface area contributed by atoms with Crippen molar-refractivity contribution in [2.75, 3.05) is 11.1 Å². The quantitative estimate of drug-likeness (QED) is 0.808. The van der Waals surface area contributed by atoms with Gasteiger partial charge in [-0.1, -0.05) is 6.07 Å². The van der Waals surface area contributed by atoms with Crippen LogP contribution in [-0.2, 0) is 0 Å². The molecule has 0 aliphatic heterocycles. The number of nitrogens with one attached hydrogen (secondary N) is 1. The lowest BCUT2D eigenvalue weighted by Gasteiger charge is -2.10. The number of amides is 1. The number of rotatable bonds is 3. The Hall–Kier alpha value is -2.15. The summed E-state index contributed by atoms with van der Waals surface area (Å²) in [7, 11) is 0. The van der Waals surface area contributed by atoms with Gasteiger partial charge in [-0.3, -0.25) is 4.79 Å². The zero-order valence-corrected chi connectivity index (χ0v) is 11.2. The number of benzene rings is 1. The SMILES string of the molecule is NC(=O)c1cc(Nc2c(F)cccc2Br)ncc1N. The minimum atomic E-state index is -0.671. The first-order valence-electron chi connectivity index (χ1n) is 5.25. The van der Waals surface area contributed by atoms with Gasteiger partial charge in [0.25, 0.3) is 5.91 Å². The summed E-state index contributed by atoms with van der Waals surface area (Å²) in [5.74, 6) is -0.849. The molecule has 0 fully saturated rings. The van der Waals surface area contributed by atoms with Crippen molar-refractivity contribution in [2.24, 2.45) is 5.73 Å². The number of hydrogen-bond donors (Lipinski definition) is 3. The van der Waals surface area contributed by atoms with Crippen molar-refractivity contribution in [1.29, 1.82) is 0 Å². The second kappa shape index (κ2) is 5.23. The minimum Gasteiger partial charge on any atom is -0.397 e. The van der Waals surface area contributed by atoms with Gasteiger partial charge in [0.15, 0.2) is 0 Å². The van der Waals surface area contributed by atoms with Crippen molar-refractivity contribution in [3.05, 3.63) is 46.3 Å². The Morgan fingerprint density at radius 2 is 2.16 bits per heavy atom. The summed E-state index contributed by atoms with van der Waals surface area (Å²) >= 11 is 3.22. The summed E-state index contributed by atoms with van der Waals surface area (Å²) in [4.78, 5) is 15.1. The van der Waals surface area contributed by atoms with Crippen LogP contribution in [0.15, 0.2) is 34.9 Å². The number of nitrogens with two attached hydrogens (primary N) is 2. The highest BCUT2D eigenvalue weighted by Crippen LogP contribution is 2.28. The highest BCUT2D eigenvalue weighted by molar-refractivity contribution is 9.10. The average molecular weight is 325 g/mol. The van der Waals surface area contributed by atoms with E-state index in [0.29, 0.717) is 4.47 Å². The number of nitrogen functional groups attached to an aromatic ring is 1. The predicted molar refractivity (Wildman–Crippen MR) is 74.6 cm³/mol. The topological polar surface area (TPSA) is 94.0 Å². The van der Waals surface area contributed by atoms with Crippen LogP contribution in [0.2, 0.25) is 0 Å². The Kier molecular flexibility index (Phi) is 3.66. The standard InChI is InChI=1S/C12H10BrFN4O/c13-7-2-1-3-8(14)11(7)18-10-4-6(12(16)19)9(15)5-17-10/h1-5H,15H2,(H2,16,19)(H,17,18). The molecule has 0 atom stereocenters. The molecule has 1 amide bonds. The van der Waals surface area contributed by atoms with Gasteiger partial charge in [0.2, 0.25) is 0 Å². The van der Waals surface area contributed by atoms with E-state index in [1.54, 1.807) is 12.1 Å². The maximum absolute atomic E-state index is 13.6. The number of hydrogen-bond acceptors (Lipinski definition) is 4. The Bertz CT molecular complexity index is 627. The van der Waals surface area contributed by atoms with Crippen LogP contribution in [-0.4, -0.2) is 10.9 Å². The van der Waals surface area contributed by atoms with Crippen molar-refractivity contribution in [2.45, 2.75) is 0 Å². The van der Waals surface area contributed by atoms with Crippen LogP contribution in [0.1, 0.15) is 10.4 Å². The largest absolute Gasteiger partial charge is 0.397 e. The molecule has 2 aromatic rings. The molecular weight excluding hydrogens is 315 g/mol. The third-order valence-electron chi connectivity index (χ3n) is 2.42. The highest BCUT2D eigenvalue weighted by atomic mass is 79.9. The number of halogens is 2. The Balaban J connectivity index is 2.39. The predicted octanol–water partition coefficient (Wildman–Crippen LogP) is 2.41. The first-order chi connectivity index (χ1) is 8.99. The van der Waals surface area contributed by atoms with Gasteiger partial charge in [0.1, 0.15) is 11.6 Å². The summed E-state index contributed by atoms with van der Waals surface area (Å²) in [5.41, 5.74) is 11.3. The van der Waals surface area contributed by atoms with Gasteiger partial charge >= 0.3 is 0 Å². The van der Waals surface area contributed by atoms with E-state index in [-0.39, 0.29) is 22.8 Å². The molecule has 7 heteroatoms. The summed E-state index contributed by atoms with van der Waals surface area (Å²) < 4.78 is 14.2. The van der Waals surface area contributed by atoms with Gasteiger partial charge in [0.05, 0.1) is 23.1 Å². The maximum atomic E-state index is 13.6. The summed E-state index contributed by atoms with van der Waals surface area (Å²) in [6, 6.07) is 5.92. The van der Waals surface area contributed by atoms with E-state index in [1.807, 2.05) is 0 Å². The second-order valence-electron chi connectivity index (χ2n) is 3.74. The van der Waals surface area contributed by atoms with Gasteiger partial charge in [0, 0.05) is 4.47 Å². The monoisotopic (exact) mass is 324 g/mol. The average Bonchev–Trinajstić information content (AvgIpc) is 2.35. The Morgan fingerprint density at radius 1 is 1.42 bits per heavy atom. The van der Waals surface area contributed by atoms with Crippen molar-refractivity contribution in [3.8, 4) is 0 Å². The van der Waals surface area contributed by atoms with Gasteiger partial charge in [-0.05, 0) is 34.1 Å². The molecule has 1 heterocycles. The molecule has 0 aliphatic rings. The zero-order valence-electron chi connectivity index (χ0n) is 9.65. The van der Waals surface area contributed by atoms with E-state index in [0.717, 1.165) is 0 Å². The molecule has 19 heavy (non-hydrogen) atoms. The number of primary amides is 1. The number of aromatic nitrogens is 1. The van der Waals surface area contributed by atoms with Gasteiger partial charge < -0.3 is 16.8 Å². The third kappa shape index (κ3) is 2.82. The molecule has 0 spiro atoms. The second-order valence-corrected chi connectivity index (χ2v) is 4.60. The normalized spacial score (nSPS) is 10.2. The third-order valence-corrected chi connectivity index (χ3v) is 3.08. The van der Waals surface area contributed by atoms with E-state index >= 15 is 0 Å². The number of carbonyl (C=O) groups excluding carboxylic acids is 1. The van der Waals surface area contributed by atoms with E-state index in [4.69, 9.17) is 11.5 Å². The number of anilines is 3. The minimum absolute atomic E-state index is 0.130. The van der Waals surface area contributed by atoms with Crippen molar-refractivity contribution < 1.29 is 9.18 Å². The molecule has 0 bridgehead atoms. The maximum Gasteiger partial charge on any atom is 0.250 e. The molecule has 1 aromatic heterocycles. The number of pyridine rings is 1. The van der Waals surface area contributed by atoms with Crippen LogP contribution in [0.5, 0.6) is 0 Å². The van der Waals surface area contributed by atoms with Crippen molar-refractivity contribution in [1.82, 2.24) is 4.98 Å². The smallest absolute Gasteiger partial charge is 0.250 e. The Morgan fingerprint density at radius 3 is 2.79 bits per heavy atom. The number of para-hydroxylation sites is 1. The summed E-state index contributed by atoms with van der Waals surface area (Å²) in [6.07, 6.45) is 1.29. The fraction of sp³-hybridized carbons (Fsp3) is 0. The van der Waals surface area contributed by atoms with Gasteiger partial charge in [-0.2, -0.15) is 0 Å².